The quantitative estimate of drug-likeness (QED) is 0.269. The lowest BCUT2D eigenvalue weighted by Gasteiger charge is -2.11. The highest BCUT2D eigenvalue weighted by atomic mass is 79.9. The van der Waals surface area contributed by atoms with Crippen molar-refractivity contribution in [2.24, 2.45) is 0 Å². The smallest absolute Gasteiger partial charge is 0.264 e. The van der Waals surface area contributed by atoms with E-state index in [-0.39, 0.29) is 16.8 Å². The standard InChI is InChI=1S/C27H25BrN4O4S/c1-18-16-19(2)30-27(29-18)32-37(34,35)23-11-9-22(10-12-23)31-26(33)21-8-13-25(24(28)17-21)36-15-14-20-6-4-3-5-7-20/h3-13,16-17H,14-15H2,1-2H3,(H,31,33)(H,29,30,32). The molecule has 1 aromatic heterocycles. The van der Waals surface area contributed by atoms with Crippen molar-refractivity contribution in [2.75, 3.05) is 16.6 Å². The molecule has 4 aromatic rings. The minimum absolute atomic E-state index is 0.00736. The number of rotatable bonds is 9. The highest BCUT2D eigenvalue weighted by Crippen LogP contribution is 2.27. The van der Waals surface area contributed by atoms with Gasteiger partial charge in [0.25, 0.3) is 15.9 Å². The second-order valence-corrected chi connectivity index (χ2v) is 10.8. The summed E-state index contributed by atoms with van der Waals surface area (Å²) in [6, 6.07) is 22.7. The van der Waals surface area contributed by atoms with Gasteiger partial charge in [-0.15, -0.1) is 0 Å². The molecule has 0 fully saturated rings. The summed E-state index contributed by atoms with van der Waals surface area (Å²) in [6.07, 6.45) is 0.772. The number of carbonyl (C=O) groups is 1. The number of amides is 1. The molecule has 1 heterocycles. The largest absolute Gasteiger partial charge is 0.492 e. The van der Waals surface area contributed by atoms with Crippen molar-refractivity contribution in [1.29, 1.82) is 0 Å². The van der Waals surface area contributed by atoms with E-state index in [1.807, 2.05) is 30.3 Å². The lowest BCUT2D eigenvalue weighted by Crippen LogP contribution is -2.16. The molecule has 3 aromatic carbocycles. The number of hydrogen-bond donors (Lipinski definition) is 2. The Hall–Kier alpha value is -3.76. The highest BCUT2D eigenvalue weighted by Gasteiger charge is 2.17. The van der Waals surface area contributed by atoms with E-state index in [1.54, 1.807) is 38.1 Å². The number of ether oxygens (including phenoxy) is 1. The SMILES string of the molecule is Cc1cc(C)nc(NS(=O)(=O)c2ccc(NC(=O)c3ccc(OCCc4ccccc4)c(Br)c3)cc2)n1. The molecule has 8 nitrogen and oxygen atoms in total. The summed E-state index contributed by atoms with van der Waals surface area (Å²) in [6.45, 7) is 4.03. The summed E-state index contributed by atoms with van der Waals surface area (Å²) < 4.78 is 34.3. The van der Waals surface area contributed by atoms with Crippen molar-refractivity contribution >= 4 is 43.5 Å². The minimum atomic E-state index is -3.89. The van der Waals surface area contributed by atoms with Gasteiger partial charge < -0.3 is 10.1 Å². The Labute approximate surface area is 224 Å². The number of benzene rings is 3. The third-order valence-corrected chi connectivity index (χ3v) is 7.28. The first kappa shape index (κ1) is 26.3. The normalized spacial score (nSPS) is 11.1. The van der Waals surface area contributed by atoms with Crippen LogP contribution in [0, 0.1) is 13.8 Å². The van der Waals surface area contributed by atoms with Crippen molar-refractivity contribution in [3.05, 3.63) is 106 Å². The van der Waals surface area contributed by atoms with Gasteiger partial charge in [0.2, 0.25) is 5.95 Å². The molecule has 1 amide bonds. The first-order valence-corrected chi connectivity index (χ1v) is 13.7. The van der Waals surface area contributed by atoms with Crippen LogP contribution in [0.1, 0.15) is 27.3 Å². The number of anilines is 2. The Morgan fingerprint density at radius 1 is 0.919 bits per heavy atom. The molecule has 0 saturated carbocycles. The lowest BCUT2D eigenvalue weighted by atomic mass is 10.1. The second-order valence-electron chi connectivity index (χ2n) is 8.29. The molecule has 2 N–H and O–H groups in total. The summed E-state index contributed by atoms with van der Waals surface area (Å²) in [5, 5.41) is 2.77. The number of sulfonamides is 1. The highest BCUT2D eigenvalue weighted by molar-refractivity contribution is 9.10. The summed E-state index contributed by atoms with van der Waals surface area (Å²) in [7, 11) is -3.89. The van der Waals surface area contributed by atoms with Crippen LogP contribution in [0.15, 0.2) is 88.2 Å². The van der Waals surface area contributed by atoms with Gasteiger partial charge in [-0.25, -0.2) is 23.1 Å². The molecule has 0 bridgehead atoms. The molecule has 0 unspecified atom stereocenters. The minimum Gasteiger partial charge on any atom is -0.492 e. The molecule has 37 heavy (non-hydrogen) atoms. The molecule has 190 valence electrons. The third-order valence-electron chi connectivity index (χ3n) is 5.32. The van der Waals surface area contributed by atoms with Gasteiger partial charge in [-0.2, -0.15) is 0 Å². The number of aryl methyl sites for hydroxylation is 2. The fraction of sp³-hybridized carbons (Fsp3) is 0.148. The number of nitrogens with zero attached hydrogens (tertiary/aromatic N) is 2. The topological polar surface area (TPSA) is 110 Å². The average Bonchev–Trinajstić information content (AvgIpc) is 2.85. The first-order chi connectivity index (χ1) is 17.7. The third kappa shape index (κ3) is 7.14. The lowest BCUT2D eigenvalue weighted by molar-refractivity contribution is 0.102. The van der Waals surface area contributed by atoms with E-state index in [2.05, 4.69) is 35.9 Å². The number of aromatic nitrogens is 2. The van der Waals surface area contributed by atoms with Crippen molar-refractivity contribution in [1.82, 2.24) is 9.97 Å². The van der Waals surface area contributed by atoms with E-state index in [0.29, 0.717) is 39.5 Å². The van der Waals surface area contributed by atoms with Gasteiger partial charge in [-0.05, 0) is 83.9 Å². The van der Waals surface area contributed by atoms with Crippen LogP contribution in [0.3, 0.4) is 0 Å². The van der Waals surface area contributed by atoms with E-state index in [9.17, 15) is 13.2 Å². The van der Waals surface area contributed by atoms with Crippen LogP contribution in [0.5, 0.6) is 5.75 Å². The average molecular weight is 581 g/mol. The summed E-state index contributed by atoms with van der Waals surface area (Å²) >= 11 is 3.47. The van der Waals surface area contributed by atoms with Crippen LogP contribution < -0.4 is 14.8 Å². The molecule has 0 radical (unpaired) electrons. The van der Waals surface area contributed by atoms with E-state index < -0.39 is 10.0 Å². The van der Waals surface area contributed by atoms with Crippen LogP contribution in [0.4, 0.5) is 11.6 Å². The Balaban J connectivity index is 1.36. The molecule has 0 aliphatic rings. The summed E-state index contributed by atoms with van der Waals surface area (Å²) in [5.74, 6) is 0.309. The van der Waals surface area contributed by atoms with Gasteiger partial charge in [0.1, 0.15) is 5.75 Å². The Kier molecular flexibility index (Phi) is 8.20. The number of hydrogen-bond acceptors (Lipinski definition) is 6. The number of nitrogens with one attached hydrogen (secondary N) is 2. The zero-order chi connectivity index (χ0) is 26.4. The molecular weight excluding hydrogens is 556 g/mol. The van der Waals surface area contributed by atoms with Crippen molar-refractivity contribution in [3.8, 4) is 5.75 Å². The molecule has 0 aliphatic heterocycles. The molecule has 4 rings (SSSR count). The molecular formula is C27H25BrN4O4S. The Morgan fingerprint density at radius 3 is 2.24 bits per heavy atom. The maximum absolute atomic E-state index is 12.7. The van der Waals surface area contributed by atoms with Crippen LogP contribution in [-0.4, -0.2) is 30.9 Å². The van der Waals surface area contributed by atoms with Crippen LogP contribution in [0.25, 0.3) is 0 Å². The number of carbonyl (C=O) groups excluding carboxylic acids is 1. The fourth-order valence-electron chi connectivity index (χ4n) is 3.55. The van der Waals surface area contributed by atoms with E-state index in [1.165, 1.54) is 29.8 Å². The maximum atomic E-state index is 12.7. The van der Waals surface area contributed by atoms with Gasteiger partial charge in [0.05, 0.1) is 16.0 Å². The molecule has 0 spiro atoms. The number of halogens is 1. The first-order valence-electron chi connectivity index (χ1n) is 11.4. The molecule has 10 heteroatoms. The van der Waals surface area contributed by atoms with Crippen molar-refractivity contribution < 1.29 is 17.9 Å². The van der Waals surface area contributed by atoms with Gasteiger partial charge in [-0.1, -0.05) is 30.3 Å². The molecule has 0 aliphatic carbocycles. The molecule has 0 atom stereocenters. The zero-order valence-corrected chi connectivity index (χ0v) is 22.6. The Morgan fingerprint density at radius 2 is 1.59 bits per heavy atom. The van der Waals surface area contributed by atoms with Gasteiger partial charge in [0, 0.05) is 29.1 Å². The van der Waals surface area contributed by atoms with Crippen LogP contribution in [-0.2, 0) is 16.4 Å². The van der Waals surface area contributed by atoms with Crippen molar-refractivity contribution in [3.63, 3.8) is 0 Å². The Bertz CT molecular complexity index is 1490. The summed E-state index contributed by atoms with van der Waals surface area (Å²) in [5.41, 5.74) is 3.37. The van der Waals surface area contributed by atoms with Gasteiger partial charge >= 0.3 is 0 Å². The van der Waals surface area contributed by atoms with E-state index in [4.69, 9.17) is 4.74 Å². The molecule has 0 saturated heterocycles. The van der Waals surface area contributed by atoms with Gasteiger partial charge in [0.15, 0.2) is 0 Å². The van der Waals surface area contributed by atoms with Gasteiger partial charge in [-0.3, -0.25) is 4.79 Å². The van der Waals surface area contributed by atoms with Crippen LogP contribution >= 0.6 is 15.9 Å². The van der Waals surface area contributed by atoms with Crippen molar-refractivity contribution in [2.45, 2.75) is 25.2 Å². The van der Waals surface area contributed by atoms with Crippen LogP contribution in [0.2, 0.25) is 0 Å². The monoisotopic (exact) mass is 580 g/mol. The second kappa shape index (κ2) is 11.5. The predicted octanol–water partition coefficient (Wildman–Crippen LogP) is 5.53. The van der Waals surface area contributed by atoms with E-state index in [0.717, 1.165) is 6.42 Å². The summed E-state index contributed by atoms with van der Waals surface area (Å²) in [4.78, 5) is 21.0. The van der Waals surface area contributed by atoms with E-state index >= 15 is 0 Å². The fourth-order valence-corrected chi connectivity index (χ4v) is 4.99. The zero-order valence-electron chi connectivity index (χ0n) is 20.2. The maximum Gasteiger partial charge on any atom is 0.264 e. The predicted molar refractivity (Wildman–Crippen MR) is 146 cm³/mol.